The average Bonchev–Trinajstić information content (AvgIpc) is 1.61. The second kappa shape index (κ2) is 31.1. The number of rotatable bonds is 15. The number of hydrogen-bond donors (Lipinski definition) is 5. The molecule has 0 aliphatic carbocycles. The topological polar surface area (TPSA) is 228 Å². The molecule has 4 aliphatic heterocycles. The molecule has 0 saturated heterocycles. The number of hydrogen-bond acceptors (Lipinski definition) is 15. The molecule has 544 valence electrons. The molecule has 6 atom stereocenters. The standard InChI is InChI=1S/C22H27N3O3S.C21H25N3O.2C20H24N4O/c1-16-3-4-20-18(13-16)19-14-24(11-12-29(2,27)28)10-7-21(19)25(20)15-22(26)17-5-8-23-9-6-17;1-14-4-5-19-17(12-14)18-13-23(3)11-8-20(18)24(19)15(2)21(25)16-6-9-22-10-7-16;1-13-8-16-17-11-23(3)7-6-18(17)24(20(16)22-9-13)12-19(25)15-5-4-14(2)21-10-15;1-14-9-16-17-12-23(3)8-6-18(17)24(19(16)22-10-14)13-20(2,25)15-5-4-7-21-11-15/h3-6,8-9,13,22,26H,2,7,10-12,14-15H2,1H3,(H,27,28);4-7,9-10,12,15,21,25H,8,11,13H2,1-3H3;4-5,8-10,19,25H,6-7,11-12H2,1-3H3;4-5,7,9-11,25H,6,8,12-13H2,1-3H3. The van der Waals surface area contributed by atoms with Crippen molar-refractivity contribution in [3.8, 4) is 0 Å². The van der Waals surface area contributed by atoms with Crippen LogP contribution < -0.4 is 0 Å². The summed E-state index contributed by atoms with van der Waals surface area (Å²) in [5, 5.41) is 48.6. The highest BCUT2D eigenvalue weighted by Crippen LogP contribution is 2.40. The zero-order valence-electron chi connectivity index (χ0n) is 61.8. The first-order valence-corrected chi connectivity index (χ1v) is 38.1. The van der Waals surface area contributed by atoms with Crippen LogP contribution in [0.4, 0.5) is 0 Å². The molecular weight excluding hydrogens is 1320 g/mol. The number of pyridine rings is 6. The molecule has 21 heteroatoms. The van der Waals surface area contributed by atoms with E-state index in [1.54, 1.807) is 43.4 Å². The van der Waals surface area contributed by atoms with Crippen LogP contribution in [0.25, 0.3) is 43.9 Å². The molecule has 0 fully saturated rings. The summed E-state index contributed by atoms with van der Waals surface area (Å²) >= 11 is 0. The van der Waals surface area contributed by atoms with E-state index in [2.05, 4.69) is 173 Å². The molecular formula is C83H100N14O6S. The van der Waals surface area contributed by atoms with Crippen molar-refractivity contribution < 1.29 is 29.2 Å². The van der Waals surface area contributed by atoms with E-state index in [1.165, 1.54) is 94.3 Å². The van der Waals surface area contributed by atoms with Crippen molar-refractivity contribution in [3.05, 3.63) is 248 Å². The summed E-state index contributed by atoms with van der Waals surface area (Å²) in [5.74, 6) is 3.53. The smallest absolute Gasteiger partial charge is 0.140 e. The van der Waals surface area contributed by atoms with Gasteiger partial charge >= 0.3 is 0 Å². The van der Waals surface area contributed by atoms with Gasteiger partial charge in [-0.15, -0.1) is 0 Å². The van der Waals surface area contributed by atoms with Crippen LogP contribution >= 0.6 is 0 Å². The Labute approximate surface area is 610 Å². The van der Waals surface area contributed by atoms with Crippen molar-refractivity contribution >= 4 is 59.5 Å². The molecule has 14 heterocycles. The quantitative estimate of drug-likeness (QED) is 0.0601. The van der Waals surface area contributed by atoms with E-state index in [9.17, 15) is 29.2 Å². The molecule has 0 spiro atoms. The van der Waals surface area contributed by atoms with Crippen molar-refractivity contribution in [2.45, 2.75) is 150 Å². The van der Waals surface area contributed by atoms with Crippen molar-refractivity contribution in [1.29, 1.82) is 0 Å². The number of aryl methyl sites for hydroxylation is 5. The Morgan fingerprint density at radius 2 is 1.02 bits per heavy atom. The molecule has 6 unspecified atom stereocenters. The third-order valence-electron chi connectivity index (χ3n) is 21.4. The highest BCUT2D eigenvalue weighted by molar-refractivity contribution is 7.95. The van der Waals surface area contributed by atoms with Crippen LogP contribution in [0.2, 0.25) is 0 Å². The third-order valence-corrected chi connectivity index (χ3v) is 22.2. The summed E-state index contributed by atoms with van der Waals surface area (Å²) < 4.78 is 30.1. The molecule has 0 bridgehead atoms. The first-order valence-electron chi connectivity index (χ1n) is 36.3. The number of aliphatic hydroxyl groups excluding tert-OH is 3. The maximum atomic E-state index is 11.6. The minimum absolute atomic E-state index is 0.0280. The van der Waals surface area contributed by atoms with Crippen LogP contribution in [0.5, 0.6) is 0 Å². The monoisotopic (exact) mass is 1420 g/mol. The minimum Gasteiger partial charge on any atom is -0.387 e. The molecule has 4 aliphatic rings. The Bertz CT molecular complexity index is 5130. The number of nitrogens with zero attached hydrogens (tertiary/aromatic N) is 14. The summed E-state index contributed by atoms with van der Waals surface area (Å²) in [5.41, 5.74) is 23.1. The number of aromatic nitrogens is 10. The summed E-state index contributed by atoms with van der Waals surface area (Å²) in [6.45, 7) is 23.8. The van der Waals surface area contributed by atoms with Gasteiger partial charge in [-0.3, -0.25) is 24.8 Å². The summed E-state index contributed by atoms with van der Waals surface area (Å²) in [4.78, 5) is 35.2. The van der Waals surface area contributed by atoms with E-state index in [0.29, 0.717) is 26.2 Å². The van der Waals surface area contributed by atoms with Gasteiger partial charge in [0, 0.05) is 213 Å². The van der Waals surface area contributed by atoms with E-state index in [4.69, 9.17) is 4.98 Å². The van der Waals surface area contributed by atoms with Gasteiger partial charge < -0.3 is 57.9 Å². The fraction of sp³-hybridized carbons (Fsp3) is 0.386. The highest BCUT2D eigenvalue weighted by atomic mass is 32.2. The predicted octanol–water partition coefficient (Wildman–Crippen LogP) is 11.7. The highest BCUT2D eigenvalue weighted by Gasteiger charge is 2.33. The molecule has 0 saturated carbocycles. The van der Waals surface area contributed by atoms with Crippen LogP contribution in [0.3, 0.4) is 0 Å². The second-order valence-corrected chi connectivity index (χ2v) is 31.6. The van der Waals surface area contributed by atoms with Crippen molar-refractivity contribution in [1.82, 2.24) is 67.8 Å². The van der Waals surface area contributed by atoms with Gasteiger partial charge in [-0.2, -0.15) is 0 Å². The van der Waals surface area contributed by atoms with E-state index >= 15 is 0 Å². The lowest BCUT2D eigenvalue weighted by Crippen LogP contribution is -2.34. The van der Waals surface area contributed by atoms with Gasteiger partial charge in [-0.1, -0.05) is 35.4 Å². The van der Waals surface area contributed by atoms with Gasteiger partial charge in [0.25, 0.3) is 0 Å². The Morgan fingerprint density at radius 3 is 1.60 bits per heavy atom. The van der Waals surface area contributed by atoms with Gasteiger partial charge in [0.05, 0.1) is 59.5 Å². The maximum absolute atomic E-state index is 11.6. The lowest BCUT2D eigenvalue weighted by Gasteiger charge is -2.28. The summed E-state index contributed by atoms with van der Waals surface area (Å²) in [7, 11) is 3.51. The molecule has 5 N–H and O–H groups in total. The van der Waals surface area contributed by atoms with E-state index in [-0.39, 0.29) is 11.8 Å². The molecule has 2 aromatic carbocycles. The first-order chi connectivity index (χ1) is 49.9. The lowest BCUT2D eigenvalue weighted by atomic mass is 9.97. The zero-order chi connectivity index (χ0) is 73.3. The van der Waals surface area contributed by atoms with Gasteiger partial charge in [0.15, 0.2) is 0 Å². The van der Waals surface area contributed by atoms with Crippen LogP contribution in [-0.4, -0.2) is 162 Å². The fourth-order valence-corrected chi connectivity index (χ4v) is 16.3. The second-order valence-electron chi connectivity index (χ2n) is 29.7. The third kappa shape index (κ3) is 16.0. The minimum atomic E-state index is -2.98. The van der Waals surface area contributed by atoms with Crippen LogP contribution in [-0.2, 0) is 86.9 Å². The fourth-order valence-electron chi connectivity index (χ4n) is 15.8. The van der Waals surface area contributed by atoms with Crippen LogP contribution in [0.1, 0.15) is 133 Å². The lowest BCUT2D eigenvalue weighted by molar-refractivity contribution is 0.0380. The van der Waals surface area contributed by atoms with Crippen LogP contribution in [0.15, 0.2) is 153 Å². The molecule has 0 amide bonds. The normalized spacial score (nSPS) is 17.2. The van der Waals surface area contributed by atoms with E-state index in [0.717, 1.165) is 123 Å². The van der Waals surface area contributed by atoms with Crippen molar-refractivity contribution in [2.24, 2.45) is 0 Å². The summed E-state index contributed by atoms with van der Waals surface area (Å²) in [6, 6.07) is 32.7. The Balaban J connectivity index is 0.000000123. The number of fused-ring (bicyclic) bond motifs is 12. The molecule has 12 aromatic rings. The van der Waals surface area contributed by atoms with Gasteiger partial charge in [0.1, 0.15) is 16.9 Å². The number of benzene rings is 2. The first kappa shape index (κ1) is 73.5. The number of likely N-dealkylation sites (N-methyl/N-ethyl adjacent to an activating group) is 3. The molecule has 10 aromatic heterocycles. The largest absolute Gasteiger partial charge is 0.387 e. The van der Waals surface area contributed by atoms with E-state index < -0.39 is 33.7 Å². The molecule has 0 radical (unpaired) electrons. The Kier molecular flexibility index (Phi) is 22.0. The molecule has 20 nitrogen and oxygen atoms in total. The van der Waals surface area contributed by atoms with Crippen molar-refractivity contribution in [2.75, 3.05) is 59.6 Å². The zero-order valence-corrected chi connectivity index (χ0v) is 62.6. The SMILES string of the molecule is C=S(=O)(O)CCN1CCc2c(c3cc(C)ccc3n2CC(O)c2ccncc2)C1.Cc1ccc2c(c1)c1c(n2C(C)C(O)c2ccncc2)CCN(C)C1.Cc1cnc2c(c1)c1c(n2CC(C)(O)c2cccnc2)CCN(C)C1.Cc1cnc2c(c1)c1c(n2CC(O)c2ccc(C)nc2)CCN(C)C1. The van der Waals surface area contributed by atoms with Crippen LogP contribution in [0, 0.1) is 34.6 Å². The van der Waals surface area contributed by atoms with E-state index in [1.807, 2.05) is 74.8 Å². The molecule has 16 rings (SSSR count). The van der Waals surface area contributed by atoms with Crippen molar-refractivity contribution in [3.63, 3.8) is 0 Å². The summed E-state index contributed by atoms with van der Waals surface area (Å²) in [6.07, 6.45) is 18.0. The van der Waals surface area contributed by atoms with Gasteiger partial charge in [-0.25, -0.2) is 14.2 Å². The maximum Gasteiger partial charge on any atom is 0.140 e. The number of aliphatic hydroxyl groups is 4. The van der Waals surface area contributed by atoms with Gasteiger partial charge in [0.2, 0.25) is 0 Å². The van der Waals surface area contributed by atoms with Gasteiger partial charge in [-0.05, 0) is 193 Å². The molecule has 104 heavy (non-hydrogen) atoms. The average molecular weight is 1420 g/mol. The Morgan fingerprint density at radius 1 is 0.519 bits per heavy atom. The Hall–Kier alpha value is -8.84. The predicted molar refractivity (Wildman–Crippen MR) is 415 cm³/mol.